The Balaban J connectivity index is 1.56. The van der Waals surface area contributed by atoms with Crippen molar-refractivity contribution >= 4 is 45.4 Å². The fourth-order valence-electron chi connectivity index (χ4n) is 4.66. The van der Waals surface area contributed by atoms with E-state index in [1.807, 2.05) is 65.4 Å². The lowest BCUT2D eigenvalue weighted by atomic mass is 9.94. The first kappa shape index (κ1) is 22.7. The molecule has 1 fully saturated rings. The third kappa shape index (κ3) is 5.05. The van der Waals surface area contributed by atoms with Gasteiger partial charge >= 0.3 is 0 Å². The molecule has 1 aromatic carbocycles. The van der Waals surface area contributed by atoms with E-state index < -0.39 is 6.04 Å². The Morgan fingerprint density at radius 2 is 1.82 bits per heavy atom. The Bertz CT molecular complexity index is 1250. The Hall–Kier alpha value is -3.03. The SMILES string of the molecule is O=C(NC1CCCCC1)C(c1ccc2ncccc2c1)N(Cc1cccs1)C(=O)c1cccs1. The molecule has 3 heterocycles. The third-order valence-corrected chi connectivity index (χ3v) is 8.07. The van der Waals surface area contributed by atoms with Crippen LogP contribution in [0.2, 0.25) is 0 Å². The molecule has 5 rings (SSSR count). The summed E-state index contributed by atoms with van der Waals surface area (Å²) in [6.07, 6.45) is 7.22. The first-order chi connectivity index (χ1) is 16.7. The van der Waals surface area contributed by atoms with Crippen molar-refractivity contribution < 1.29 is 9.59 Å². The predicted octanol–water partition coefficient (Wildman–Crippen LogP) is 6.19. The molecule has 174 valence electrons. The summed E-state index contributed by atoms with van der Waals surface area (Å²) in [6.45, 7) is 0.377. The number of nitrogens with one attached hydrogen (secondary N) is 1. The summed E-state index contributed by atoms with van der Waals surface area (Å²) >= 11 is 3.00. The Morgan fingerprint density at radius 3 is 2.59 bits per heavy atom. The van der Waals surface area contributed by atoms with Gasteiger partial charge in [0.2, 0.25) is 5.91 Å². The summed E-state index contributed by atoms with van der Waals surface area (Å²) in [5.74, 6) is -0.241. The van der Waals surface area contributed by atoms with Crippen molar-refractivity contribution in [3.05, 3.63) is 86.9 Å². The number of hydrogen-bond donors (Lipinski definition) is 1. The third-order valence-electron chi connectivity index (χ3n) is 6.35. The van der Waals surface area contributed by atoms with Crippen LogP contribution in [0.1, 0.15) is 58.3 Å². The monoisotopic (exact) mass is 489 g/mol. The lowest BCUT2D eigenvalue weighted by Gasteiger charge is -2.33. The van der Waals surface area contributed by atoms with Gasteiger partial charge in [-0.25, -0.2) is 0 Å². The lowest BCUT2D eigenvalue weighted by molar-refractivity contribution is -0.127. The van der Waals surface area contributed by atoms with Crippen molar-refractivity contribution in [1.82, 2.24) is 15.2 Å². The van der Waals surface area contributed by atoms with Crippen molar-refractivity contribution in [2.45, 2.75) is 50.7 Å². The molecule has 2 amide bonds. The molecule has 0 aliphatic heterocycles. The van der Waals surface area contributed by atoms with Gasteiger partial charge < -0.3 is 10.2 Å². The largest absolute Gasteiger partial charge is 0.351 e. The minimum Gasteiger partial charge on any atom is -0.351 e. The van der Waals surface area contributed by atoms with E-state index >= 15 is 0 Å². The quantitative estimate of drug-likeness (QED) is 0.337. The second-order valence-corrected chi connectivity index (χ2v) is 10.7. The molecule has 1 unspecified atom stereocenters. The fraction of sp³-hybridized carbons (Fsp3) is 0.296. The highest BCUT2D eigenvalue weighted by Gasteiger charge is 2.34. The molecule has 1 aliphatic rings. The number of amides is 2. The fourth-order valence-corrected chi connectivity index (χ4v) is 6.04. The van der Waals surface area contributed by atoms with Crippen LogP contribution in [0.15, 0.2) is 71.6 Å². The second kappa shape index (κ2) is 10.5. The molecular weight excluding hydrogens is 462 g/mol. The smallest absolute Gasteiger partial charge is 0.265 e. The number of fused-ring (bicyclic) bond motifs is 1. The Morgan fingerprint density at radius 1 is 1.00 bits per heavy atom. The van der Waals surface area contributed by atoms with E-state index in [-0.39, 0.29) is 17.9 Å². The van der Waals surface area contributed by atoms with Gasteiger partial charge in [-0.15, -0.1) is 22.7 Å². The molecule has 34 heavy (non-hydrogen) atoms. The van der Waals surface area contributed by atoms with E-state index in [1.54, 1.807) is 22.4 Å². The molecule has 1 aliphatic carbocycles. The normalized spacial score (nSPS) is 15.2. The van der Waals surface area contributed by atoms with E-state index in [4.69, 9.17) is 0 Å². The van der Waals surface area contributed by atoms with Gasteiger partial charge in [0.05, 0.1) is 16.9 Å². The topological polar surface area (TPSA) is 62.3 Å². The van der Waals surface area contributed by atoms with Crippen LogP contribution in [0.25, 0.3) is 10.9 Å². The molecule has 1 saturated carbocycles. The molecule has 0 saturated heterocycles. The summed E-state index contributed by atoms with van der Waals surface area (Å²) in [5, 5.41) is 8.14. The maximum atomic E-state index is 13.9. The second-order valence-electron chi connectivity index (χ2n) is 8.69. The number of nitrogens with zero attached hydrogens (tertiary/aromatic N) is 2. The molecule has 7 heteroatoms. The first-order valence-corrected chi connectivity index (χ1v) is 13.5. The number of hydrogen-bond acceptors (Lipinski definition) is 5. The number of thiophene rings is 2. The number of carbonyl (C=O) groups excluding carboxylic acids is 2. The zero-order valence-electron chi connectivity index (χ0n) is 18.9. The molecule has 0 bridgehead atoms. The van der Waals surface area contributed by atoms with Crippen LogP contribution in [0.5, 0.6) is 0 Å². The molecule has 1 N–H and O–H groups in total. The summed E-state index contributed by atoms with van der Waals surface area (Å²) in [6, 6.07) is 16.9. The van der Waals surface area contributed by atoms with Crippen LogP contribution in [0.3, 0.4) is 0 Å². The highest BCUT2D eigenvalue weighted by Crippen LogP contribution is 2.30. The standard InChI is InChI=1S/C27H27N3O2S2/c31-26(29-21-8-2-1-3-9-21)25(20-12-13-23-19(17-20)7-4-14-28-23)30(18-22-10-5-15-33-22)27(32)24-11-6-16-34-24/h4-7,10-17,21,25H,1-3,8-9,18H2,(H,29,31). The van der Waals surface area contributed by atoms with E-state index in [0.717, 1.165) is 47.0 Å². The predicted molar refractivity (Wildman–Crippen MR) is 138 cm³/mol. The van der Waals surface area contributed by atoms with E-state index in [9.17, 15) is 9.59 Å². The molecule has 5 nitrogen and oxygen atoms in total. The van der Waals surface area contributed by atoms with Gasteiger partial charge in [-0.3, -0.25) is 14.6 Å². The average molecular weight is 490 g/mol. The Labute approximate surface area is 207 Å². The summed E-state index contributed by atoms with van der Waals surface area (Å²) < 4.78 is 0. The van der Waals surface area contributed by atoms with E-state index in [2.05, 4.69) is 10.3 Å². The van der Waals surface area contributed by atoms with Gasteiger partial charge in [-0.2, -0.15) is 0 Å². The maximum absolute atomic E-state index is 13.9. The zero-order chi connectivity index (χ0) is 23.3. The number of rotatable bonds is 7. The van der Waals surface area contributed by atoms with Crippen LogP contribution < -0.4 is 5.32 Å². The van der Waals surface area contributed by atoms with E-state index in [0.29, 0.717) is 11.4 Å². The summed E-state index contributed by atoms with van der Waals surface area (Å²) in [7, 11) is 0. The van der Waals surface area contributed by atoms with Gasteiger partial charge in [0.15, 0.2) is 0 Å². The molecule has 4 aromatic rings. The molecule has 1 atom stereocenters. The van der Waals surface area contributed by atoms with Gasteiger partial charge in [0.1, 0.15) is 6.04 Å². The lowest BCUT2D eigenvalue weighted by Crippen LogP contribution is -2.46. The van der Waals surface area contributed by atoms with Gasteiger partial charge in [-0.05, 0) is 59.5 Å². The van der Waals surface area contributed by atoms with Gasteiger partial charge in [0.25, 0.3) is 5.91 Å². The van der Waals surface area contributed by atoms with Crippen molar-refractivity contribution in [1.29, 1.82) is 0 Å². The summed E-state index contributed by atoms with van der Waals surface area (Å²) in [5.41, 5.74) is 1.67. The van der Waals surface area contributed by atoms with Crippen LogP contribution in [0, 0.1) is 0 Å². The number of aromatic nitrogens is 1. The van der Waals surface area contributed by atoms with E-state index in [1.165, 1.54) is 17.8 Å². The molecule has 3 aromatic heterocycles. The van der Waals surface area contributed by atoms with Gasteiger partial charge in [0, 0.05) is 22.5 Å². The maximum Gasteiger partial charge on any atom is 0.265 e. The van der Waals surface area contributed by atoms with Crippen LogP contribution in [-0.2, 0) is 11.3 Å². The van der Waals surface area contributed by atoms with Crippen molar-refractivity contribution in [3.63, 3.8) is 0 Å². The van der Waals surface area contributed by atoms with Crippen LogP contribution >= 0.6 is 22.7 Å². The highest BCUT2D eigenvalue weighted by molar-refractivity contribution is 7.12. The average Bonchev–Trinajstić information content (AvgIpc) is 3.58. The summed E-state index contributed by atoms with van der Waals surface area (Å²) in [4.78, 5) is 35.5. The zero-order valence-corrected chi connectivity index (χ0v) is 20.5. The minimum absolute atomic E-state index is 0.114. The number of carbonyl (C=O) groups is 2. The van der Waals surface area contributed by atoms with Crippen LogP contribution in [-0.4, -0.2) is 27.7 Å². The molecule has 0 spiro atoms. The van der Waals surface area contributed by atoms with Crippen molar-refractivity contribution in [3.8, 4) is 0 Å². The number of pyridine rings is 1. The molecule has 0 radical (unpaired) electrons. The van der Waals surface area contributed by atoms with Crippen LogP contribution in [0.4, 0.5) is 0 Å². The van der Waals surface area contributed by atoms with Crippen molar-refractivity contribution in [2.75, 3.05) is 0 Å². The minimum atomic E-state index is -0.733. The van der Waals surface area contributed by atoms with Crippen molar-refractivity contribution in [2.24, 2.45) is 0 Å². The number of benzene rings is 1. The highest BCUT2D eigenvalue weighted by atomic mass is 32.1. The molecular formula is C27H27N3O2S2. The first-order valence-electron chi connectivity index (χ1n) is 11.7. The Kier molecular flexibility index (Phi) is 7.02. The van der Waals surface area contributed by atoms with Gasteiger partial charge in [-0.1, -0.05) is 43.5 Å².